The molecule has 0 saturated carbocycles. The van der Waals surface area contributed by atoms with E-state index >= 15 is 0 Å². The van der Waals surface area contributed by atoms with Crippen molar-refractivity contribution in [3.05, 3.63) is 77.5 Å². The Balaban J connectivity index is 1.75. The Bertz CT molecular complexity index is 929. The fraction of sp³-hybridized carbons (Fsp3) is 0.182. The molecular formula is C22H24N4O. The fourth-order valence-electron chi connectivity index (χ4n) is 2.83. The van der Waals surface area contributed by atoms with Crippen molar-refractivity contribution in [1.29, 1.82) is 0 Å². The number of aromatic nitrogens is 1. The van der Waals surface area contributed by atoms with E-state index in [9.17, 15) is 4.79 Å². The SMILES string of the molecule is Cc1cccc(C)c1Nc1cc(C(=O)Nc2ccc(N(C)C)cc2)ccn1. The van der Waals surface area contributed by atoms with Crippen LogP contribution < -0.4 is 15.5 Å². The summed E-state index contributed by atoms with van der Waals surface area (Å²) >= 11 is 0. The number of anilines is 4. The maximum Gasteiger partial charge on any atom is 0.255 e. The zero-order valence-corrected chi connectivity index (χ0v) is 16.1. The third-order valence-electron chi connectivity index (χ3n) is 4.40. The number of aryl methyl sites for hydroxylation is 2. The number of carbonyl (C=O) groups is 1. The van der Waals surface area contributed by atoms with Crippen LogP contribution >= 0.6 is 0 Å². The molecule has 0 aliphatic heterocycles. The number of pyridine rings is 1. The molecule has 0 unspecified atom stereocenters. The molecule has 0 fully saturated rings. The maximum atomic E-state index is 12.6. The third kappa shape index (κ3) is 4.44. The molecule has 0 aliphatic carbocycles. The molecule has 0 atom stereocenters. The van der Waals surface area contributed by atoms with Gasteiger partial charge in [-0.1, -0.05) is 18.2 Å². The minimum Gasteiger partial charge on any atom is -0.378 e. The Morgan fingerprint density at radius 2 is 1.63 bits per heavy atom. The molecule has 5 heteroatoms. The number of nitrogens with zero attached hydrogens (tertiary/aromatic N) is 2. The topological polar surface area (TPSA) is 57.3 Å². The number of nitrogens with one attached hydrogen (secondary N) is 2. The molecule has 0 bridgehead atoms. The van der Waals surface area contributed by atoms with Crippen LogP contribution in [0.1, 0.15) is 21.5 Å². The first-order valence-electron chi connectivity index (χ1n) is 8.82. The van der Waals surface area contributed by atoms with Crippen molar-refractivity contribution in [2.24, 2.45) is 0 Å². The summed E-state index contributed by atoms with van der Waals surface area (Å²) in [6.45, 7) is 4.09. The van der Waals surface area contributed by atoms with Gasteiger partial charge in [0.2, 0.25) is 0 Å². The van der Waals surface area contributed by atoms with E-state index in [4.69, 9.17) is 0 Å². The minimum atomic E-state index is -0.167. The average Bonchev–Trinajstić information content (AvgIpc) is 2.65. The molecule has 138 valence electrons. The van der Waals surface area contributed by atoms with Crippen LogP contribution in [0.5, 0.6) is 0 Å². The monoisotopic (exact) mass is 360 g/mol. The lowest BCUT2D eigenvalue weighted by atomic mass is 10.1. The van der Waals surface area contributed by atoms with Gasteiger partial charge in [0.1, 0.15) is 5.82 Å². The highest BCUT2D eigenvalue weighted by molar-refractivity contribution is 6.04. The Morgan fingerprint density at radius 1 is 0.963 bits per heavy atom. The molecule has 27 heavy (non-hydrogen) atoms. The van der Waals surface area contributed by atoms with Crippen LogP contribution in [0.15, 0.2) is 60.8 Å². The van der Waals surface area contributed by atoms with Crippen molar-refractivity contribution in [1.82, 2.24) is 4.98 Å². The van der Waals surface area contributed by atoms with Crippen LogP contribution in [-0.2, 0) is 0 Å². The van der Waals surface area contributed by atoms with Gasteiger partial charge in [0.05, 0.1) is 0 Å². The summed E-state index contributed by atoms with van der Waals surface area (Å²) in [5.41, 5.74) is 5.67. The molecular weight excluding hydrogens is 336 g/mol. The molecule has 1 amide bonds. The van der Waals surface area contributed by atoms with Crippen LogP contribution in [0, 0.1) is 13.8 Å². The number of para-hydroxylation sites is 1. The van der Waals surface area contributed by atoms with Crippen molar-refractivity contribution < 1.29 is 4.79 Å². The van der Waals surface area contributed by atoms with E-state index in [0.29, 0.717) is 11.4 Å². The van der Waals surface area contributed by atoms with Crippen molar-refractivity contribution >= 4 is 28.8 Å². The molecule has 5 nitrogen and oxygen atoms in total. The molecule has 2 aromatic carbocycles. The van der Waals surface area contributed by atoms with E-state index < -0.39 is 0 Å². The van der Waals surface area contributed by atoms with Crippen molar-refractivity contribution in [3.8, 4) is 0 Å². The number of hydrogen-bond acceptors (Lipinski definition) is 4. The molecule has 3 aromatic rings. The van der Waals surface area contributed by atoms with Gasteiger partial charge in [0.15, 0.2) is 0 Å². The first-order chi connectivity index (χ1) is 12.9. The van der Waals surface area contributed by atoms with Gasteiger partial charge in [-0.3, -0.25) is 4.79 Å². The fourth-order valence-corrected chi connectivity index (χ4v) is 2.83. The summed E-state index contributed by atoms with van der Waals surface area (Å²) in [5.74, 6) is 0.475. The average molecular weight is 360 g/mol. The normalized spacial score (nSPS) is 10.4. The molecule has 0 spiro atoms. The Hall–Kier alpha value is -3.34. The van der Waals surface area contributed by atoms with Gasteiger partial charge in [0.25, 0.3) is 5.91 Å². The number of amides is 1. The summed E-state index contributed by atoms with van der Waals surface area (Å²) in [6.07, 6.45) is 1.64. The van der Waals surface area contributed by atoms with Crippen molar-refractivity contribution in [2.45, 2.75) is 13.8 Å². The van der Waals surface area contributed by atoms with Gasteiger partial charge >= 0.3 is 0 Å². The van der Waals surface area contributed by atoms with E-state index in [1.807, 2.05) is 75.3 Å². The van der Waals surface area contributed by atoms with E-state index in [0.717, 1.165) is 28.2 Å². The van der Waals surface area contributed by atoms with Gasteiger partial charge in [-0.05, 0) is 61.4 Å². The lowest BCUT2D eigenvalue weighted by Gasteiger charge is -2.14. The molecule has 1 aromatic heterocycles. The largest absolute Gasteiger partial charge is 0.378 e. The van der Waals surface area contributed by atoms with Gasteiger partial charge in [-0.25, -0.2) is 4.98 Å². The van der Waals surface area contributed by atoms with Crippen LogP contribution in [0.3, 0.4) is 0 Å². The number of carbonyl (C=O) groups excluding carboxylic acids is 1. The van der Waals surface area contributed by atoms with Crippen molar-refractivity contribution in [3.63, 3.8) is 0 Å². The number of benzene rings is 2. The molecule has 1 heterocycles. The van der Waals surface area contributed by atoms with Crippen LogP contribution in [0.4, 0.5) is 22.9 Å². The second kappa shape index (κ2) is 7.91. The molecule has 0 aliphatic rings. The van der Waals surface area contributed by atoms with Crippen LogP contribution in [0.25, 0.3) is 0 Å². The Labute approximate surface area is 160 Å². The smallest absolute Gasteiger partial charge is 0.255 e. The lowest BCUT2D eigenvalue weighted by Crippen LogP contribution is -2.13. The van der Waals surface area contributed by atoms with E-state index in [2.05, 4.69) is 15.6 Å². The van der Waals surface area contributed by atoms with Gasteiger partial charge in [-0.15, -0.1) is 0 Å². The first kappa shape index (κ1) is 18.5. The molecule has 2 N–H and O–H groups in total. The van der Waals surface area contributed by atoms with E-state index in [1.54, 1.807) is 18.3 Å². The predicted octanol–water partition coefficient (Wildman–Crippen LogP) is 4.76. The quantitative estimate of drug-likeness (QED) is 0.689. The highest BCUT2D eigenvalue weighted by Crippen LogP contribution is 2.24. The third-order valence-corrected chi connectivity index (χ3v) is 4.40. The summed E-state index contributed by atoms with van der Waals surface area (Å²) in [7, 11) is 3.96. The van der Waals surface area contributed by atoms with E-state index in [1.165, 1.54) is 0 Å². The first-order valence-corrected chi connectivity index (χ1v) is 8.82. The zero-order valence-electron chi connectivity index (χ0n) is 16.1. The molecule has 0 radical (unpaired) electrons. The number of hydrogen-bond donors (Lipinski definition) is 2. The second-order valence-electron chi connectivity index (χ2n) is 6.72. The highest BCUT2D eigenvalue weighted by Gasteiger charge is 2.09. The Kier molecular flexibility index (Phi) is 5.41. The number of rotatable bonds is 5. The van der Waals surface area contributed by atoms with Gasteiger partial charge in [-0.2, -0.15) is 0 Å². The van der Waals surface area contributed by atoms with E-state index in [-0.39, 0.29) is 5.91 Å². The standard InChI is InChI=1S/C22H24N4O/c1-15-6-5-7-16(2)21(15)25-20-14-17(12-13-23-20)22(27)24-18-8-10-19(11-9-18)26(3)4/h5-14H,1-4H3,(H,23,25)(H,24,27). The van der Waals surface area contributed by atoms with Crippen LogP contribution in [0.2, 0.25) is 0 Å². The summed E-state index contributed by atoms with van der Waals surface area (Å²) in [6, 6.07) is 17.3. The summed E-state index contributed by atoms with van der Waals surface area (Å²) < 4.78 is 0. The van der Waals surface area contributed by atoms with Gasteiger partial charge < -0.3 is 15.5 Å². The minimum absolute atomic E-state index is 0.167. The Morgan fingerprint density at radius 3 is 2.26 bits per heavy atom. The summed E-state index contributed by atoms with van der Waals surface area (Å²) in [5, 5.41) is 6.25. The lowest BCUT2D eigenvalue weighted by molar-refractivity contribution is 0.102. The maximum absolute atomic E-state index is 12.6. The molecule has 3 rings (SSSR count). The zero-order chi connectivity index (χ0) is 19.4. The van der Waals surface area contributed by atoms with Crippen LogP contribution in [-0.4, -0.2) is 25.0 Å². The predicted molar refractivity (Wildman–Crippen MR) is 112 cm³/mol. The molecule has 0 saturated heterocycles. The van der Waals surface area contributed by atoms with Crippen molar-refractivity contribution in [2.75, 3.05) is 29.6 Å². The van der Waals surface area contributed by atoms with Gasteiger partial charge in [0, 0.05) is 42.9 Å². The summed E-state index contributed by atoms with van der Waals surface area (Å²) in [4.78, 5) is 18.9. The highest BCUT2D eigenvalue weighted by atomic mass is 16.1. The second-order valence-corrected chi connectivity index (χ2v) is 6.72.